The van der Waals surface area contributed by atoms with E-state index in [0.29, 0.717) is 17.7 Å². The Morgan fingerprint density at radius 3 is 2.35 bits per heavy atom. The maximum Gasteiger partial charge on any atom is 0.213 e. The van der Waals surface area contributed by atoms with E-state index in [2.05, 4.69) is 38.7 Å². The minimum absolute atomic E-state index is 0.522. The number of nitrogens with zero attached hydrogens (tertiary/aromatic N) is 1. The Balaban J connectivity index is 2.53. The maximum atomic E-state index is 5.23. The Labute approximate surface area is 104 Å². The second kappa shape index (κ2) is 4.52. The van der Waals surface area contributed by atoms with E-state index in [0.717, 1.165) is 12.1 Å². The smallest absolute Gasteiger partial charge is 0.213 e. The summed E-state index contributed by atoms with van der Waals surface area (Å²) in [5.74, 6) is 1.83. The first kappa shape index (κ1) is 12.2. The number of fused-ring (bicyclic) bond motifs is 1. The summed E-state index contributed by atoms with van der Waals surface area (Å²) in [5, 5.41) is 0. The number of ether oxygens (including phenoxy) is 1. The van der Waals surface area contributed by atoms with Gasteiger partial charge in [-0.1, -0.05) is 39.3 Å². The Hall–Kier alpha value is -1.31. The number of rotatable bonds is 3. The Morgan fingerprint density at radius 2 is 1.82 bits per heavy atom. The van der Waals surface area contributed by atoms with Crippen LogP contribution in [0.4, 0.5) is 0 Å². The van der Waals surface area contributed by atoms with Crippen LogP contribution in [0.15, 0.2) is 17.7 Å². The molecule has 0 spiro atoms. The summed E-state index contributed by atoms with van der Waals surface area (Å²) in [4.78, 5) is 4.63. The first-order valence-corrected chi connectivity index (χ1v) is 6.31. The number of pyridine rings is 1. The SMILES string of the molecule is COc1ccc2c(n1)C(C(C)C)=C(C(C)C)C2. The number of methoxy groups -OCH3 is 1. The number of allylic oxidation sites excluding steroid dienone is 2. The molecule has 0 radical (unpaired) electrons. The average Bonchev–Trinajstić information content (AvgIpc) is 2.66. The lowest BCUT2D eigenvalue weighted by atomic mass is 9.92. The van der Waals surface area contributed by atoms with Crippen LogP contribution in [0, 0.1) is 11.8 Å². The van der Waals surface area contributed by atoms with Crippen molar-refractivity contribution in [2.75, 3.05) is 7.11 Å². The highest BCUT2D eigenvalue weighted by Crippen LogP contribution is 2.40. The fraction of sp³-hybridized carbons (Fsp3) is 0.533. The zero-order valence-electron chi connectivity index (χ0n) is 11.4. The summed E-state index contributed by atoms with van der Waals surface area (Å²) >= 11 is 0. The van der Waals surface area contributed by atoms with Crippen molar-refractivity contribution >= 4 is 5.57 Å². The van der Waals surface area contributed by atoms with E-state index in [-0.39, 0.29) is 0 Å². The lowest BCUT2D eigenvalue weighted by Crippen LogP contribution is -2.01. The van der Waals surface area contributed by atoms with Crippen molar-refractivity contribution in [1.82, 2.24) is 4.98 Å². The summed E-state index contributed by atoms with van der Waals surface area (Å²) in [7, 11) is 1.67. The molecule has 0 saturated heterocycles. The lowest BCUT2D eigenvalue weighted by molar-refractivity contribution is 0.397. The Morgan fingerprint density at radius 1 is 1.12 bits per heavy atom. The van der Waals surface area contributed by atoms with Crippen LogP contribution in [0.3, 0.4) is 0 Å². The standard InChI is InChI=1S/C15H21NO/c1-9(2)12-8-11-6-7-13(17-5)16-15(11)14(12)10(3)4/h6-7,9-10H,8H2,1-5H3. The van der Waals surface area contributed by atoms with Gasteiger partial charge in [0.15, 0.2) is 0 Å². The van der Waals surface area contributed by atoms with Gasteiger partial charge in [-0.15, -0.1) is 0 Å². The third kappa shape index (κ3) is 2.08. The fourth-order valence-corrected chi connectivity index (χ4v) is 2.57. The van der Waals surface area contributed by atoms with Gasteiger partial charge in [-0.2, -0.15) is 0 Å². The van der Waals surface area contributed by atoms with Gasteiger partial charge in [0.2, 0.25) is 5.88 Å². The predicted molar refractivity (Wildman–Crippen MR) is 71.1 cm³/mol. The number of aromatic nitrogens is 1. The van der Waals surface area contributed by atoms with Crippen LogP contribution in [0.25, 0.3) is 5.57 Å². The van der Waals surface area contributed by atoms with Gasteiger partial charge in [0, 0.05) is 6.07 Å². The molecule has 1 aromatic heterocycles. The van der Waals surface area contributed by atoms with E-state index in [1.807, 2.05) is 6.07 Å². The molecule has 0 amide bonds. The lowest BCUT2D eigenvalue weighted by Gasteiger charge is -2.14. The molecule has 0 N–H and O–H groups in total. The second-order valence-corrected chi connectivity index (χ2v) is 5.29. The highest BCUT2D eigenvalue weighted by atomic mass is 16.5. The van der Waals surface area contributed by atoms with Gasteiger partial charge in [0.25, 0.3) is 0 Å². The molecule has 17 heavy (non-hydrogen) atoms. The average molecular weight is 231 g/mol. The van der Waals surface area contributed by atoms with Crippen molar-refractivity contribution in [2.45, 2.75) is 34.1 Å². The highest BCUT2D eigenvalue weighted by Gasteiger charge is 2.26. The molecule has 0 bridgehead atoms. The van der Waals surface area contributed by atoms with E-state index in [9.17, 15) is 0 Å². The van der Waals surface area contributed by atoms with Crippen LogP contribution < -0.4 is 4.74 Å². The quantitative estimate of drug-likeness (QED) is 0.791. The van der Waals surface area contributed by atoms with E-state index in [1.54, 1.807) is 7.11 Å². The first-order chi connectivity index (χ1) is 8.04. The molecule has 1 heterocycles. The molecular formula is C15H21NO. The molecule has 1 aliphatic rings. The zero-order valence-corrected chi connectivity index (χ0v) is 11.4. The Bertz CT molecular complexity index is 458. The monoisotopic (exact) mass is 231 g/mol. The van der Waals surface area contributed by atoms with E-state index < -0.39 is 0 Å². The molecule has 2 heteroatoms. The summed E-state index contributed by atoms with van der Waals surface area (Å²) in [6.45, 7) is 9.02. The molecule has 2 rings (SSSR count). The molecule has 92 valence electrons. The van der Waals surface area contributed by atoms with Gasteiger partial charge in [0.05, 0.1) is 12.8 Å². The van der Waals surface area contributed by atoms with Crippen molar-refractivity contribution in [3.8, 4) is 5.88 Å². The zero-order chi connectivity index (χ0) is 12.6. The van der Waals surface area contributed by atoms with E-state index >= 15 is 0 Å². The molecule has 0 aliphatic heterocycles. The number of hydrogen-bond donors (Lipinski definition) is 0. The third-order valence-corrected chi connectivity index (χ3v) is 3.42. The highest BCUT2D eigenvalue weighted by molar-refractivity contribution is 5.75. The van der Waals surface area contributed by atoms with Crippen LogP contribution in [0.5, 0.6) is 5.88 Å². The van der Waals surface area contributed by atoms with Gasteiger partial charge >= 0.3 is 0 Å². The molecule has 1 aromatic rings. The van der Waals surface area contributed by atoms with Crippen molar-refractivity contribution in [2.24, 2.45) is 11.8 Å². The minimum atomic E-state index is 0.522. The predicted octanol–water partition coefficient (Wildman–Crippen LogP) is 3.71. The molecular weight excluding hydrogens is 210 g/mol. The topological polar surface area (TPSA) is 22.1 Å². The van der Waals surface area contributed by atoms with Gasteiger partial charge in [-0.05, 0) is 29.4 Å². The molecule has 0 atom stereocenters. The van der Waals surface area contributed by atoms with Crippen LogP contribution in [0.1, 0.15) is 39.0 Å². The van der Waals surface area contributed by atoms with Crippen molar-refractivity contribution in [1.29, 1.82) is 0 Å². The molecule has 0 aromatic carbocycles. The fourth-order valence-electron chi connectivity index (χ4n) is 2.57. The van der Waals surface area contributed by atoms with Crippen LogP contribution in [-0.2, 0) is 6.42 Å². The third-order valence-electron chi connectivity index (χ3n) is 3.42. The summed E-state index contributed by atoms with van der Waals surface area (Å²) in [6.07, 6.45) is 1.05. The van der Waals surface area contributed by atoms with Crippen molar-refractivity contribution in [3.63, 3.8) is 0 Å². The van der Waals surface area contributed by atoms with Crippen molar-refractivity contribution < 1.29 is 4.74 Å². The largest absolute Gasteiger partial charge is 0.481 e. The van der Waals surface area contributed by atoms with Crippen LogP contribution in [-0.4, -0.2) is 12.1 Å². The van der Waals surface area contributed by atoms with Crippen LogP contribution >= 0.6 is 0 Å². The van der Waals surface area contributed by atoms with Crippen molar-refractivity contribution in [3.05, 3.63) is 29.0 Å². The molecule has 1 aliphatic carbocycles. The van der Waals surface area contributed by atoms with E-state index in [1.165, 1.54) is 16.7 Å². The van der Waals surface area contributed by atoms with Gasteiger partial charge in [-0.3, -0.25) is 0 Å². The molecule has 0 fully saturated rings. The first-order valence-electron chi connectivity index (χ1n) is 6.31. The molecule has 2 nitrogen and oxygen atoms in total. The maximum absolute atomic E-state index is 5.23. The van der Waals surface area contributed by atoms with Gasteiger partial charge in [-0.25, -0.2) is 4.98 Å². The summed E-state index contributed by atoms with van der Waals surface area (Å²) < 4.78 is 5.23. The van der Waals surface area contributed by atoms with Crippen LogP contribution in [0.2, 0.25) is 0 Å². The Kier molecular flexibility index (Phi) is 3.23. The molecule has 0 unspecified atom stereocenters. The minimum Gasteiger partial charge on any atom is -0.481 e. The van der Waals surface area contributed by atoms with Gasteiger partial charge in [0.1, 0.15) is 0 Å². The summed E-state index contributed by atoms with van der Waals surface area (Å²) in [5.41, 5.74) is 5.46. The number of hydrogen-bond acceptors (Lipinski definition) is 2. The normalized spacial score (nSPS) is 14.8. The second-order valence-electron chi connectivity index (χ2n) is 5.29. The summed E-state index contributed by atoms with van der Waals surface area (Å²) in [6, 6.07) is 4.11. The van der Waals surface area contributed by atoms with Gasteiger partial charge < -0.3 is 4.74 Å². The van der Waals surface area contributed by atoms with E-state index in [4.69, 9.17) is 4.74 Å². The molecule has 0 saturated carbocycles.